The molecule has 7 N–H and O–H groups in total. The average molecular weight is 375 g/mol. The minimum Gasteiger partial charge on any atom is -0.481 e. The summed E-state index contributed by atoms with van der Waals surface area (Å²) in [5, 5.41) is 30.8. The van der Waals surface area contributed by atoms with Crippen LogP contribution >= 0.6 is 0 Å². The number of carbonyl (C=O) groups is 5. The van der Waals surface area contributed by atoms with Gasteiger partial charge >= 0.3 is 17.9 Å². The van der Waals surface area contributed by atoms with E-state index in [0.717, 1.165) is 0 Å². The van der Waals surface area contributed by atoms with Crippen molar-refractivity contribution in [2.45, 2.75) is 57.7 Å². The molecule has 2 amide bonds. The van der Waals surface area contributed by atoms with E-state index in [0.29, 0.717) is 6.42 Å². The van der Waals surface area contributed by atoms with Crippen molar-refractivity contribution in [3.63, 3.8) is 0 Å². The standard InChI is InChI=1S/C15H25N3O8/c1-7(2)5-8(16)13(23)18-10(6-12(21)22)14(24)17-9(15(25)26)3-4-11(19)20/h7-10H,3-6,16H2,1-2H3,(H,17,24)(H,18,23)(H,19,20)(H,21,22)(H,25,26). The van der Waals surface area contributed by atoms with Crippen molar-refractivity contribution in [1.29, 1.82) is 0 Å². The van der Waals surface area contributed by atoms with E-state index in [-0.39, 0.29) is 5.92 Å². The van der Waals surface area contributed by atoms with Gasteiger partial charge in [0.2, 0.25) is 11.8 Å². The number of nitrogens with two attached hydrogens (primary N) is 1. The number of amides is 2. The van der Waals surface area contributed by atoms with Crippen LogP contribution in [-0.4, -0.2) is 63.2 Å². The van der Waals surface area contributed by atoms with E-state index in [1.807, 2.05) is 19.2 Å². The Kier molecular flexibility index (Phi) is 9.89. The van der Waals surface area contributed by atoms with Crippen molar-refractivity contribution in [3.8, 4) is 0 Å². The van der Waals surface area contributed by atoms with Gasteiger partial charge in [-0.2, -0.15) is 0 Å². The topological polar surface area (TPSA) is 196 Å². The van der Waals surface area contributed by atoms with Gasteiger partial charge in [0.15, 0.2) is 0 Å². The highest BCUT2D eigenvalue weighted by Gasteiger charge is 2.29. The van der Waals surface area contributed by atoms with Crippen LogP contribution in [0.3, 0.4) is 0 Å². The van der Waals surface area contributed by atoms with Gasteiger partial charge in [-0.15, -0.1) is 0 Å². The van der Waals surface area contributed by atoms with Crippen LogP contribution in [0.4, 0.5) is 0 Å². The van der Waals surface area contributed by atoms with Crippen molar-refractivity contribution >= 4 is 29.7 Å². The van der Waals surface area contributed by atoms with E-state index in [1.165, 1.54) is 0 Å². The SMILES string of the molecule is CC(C)CC(N)C(=O)NC(CC(=O)O)C(=O)NC(CCC(=O)O)C(=O)O. The second-order valence-electron chi connectivity index (χ2n) is 6.23. The lowest BCUT2D eigenvalue weighted by molar-refractivity contribution is -0.144. The summed E-state index contributed by atoms with van der Waals surface area (Å²) in [6, 6.07) is -4.03. The van der Waals surface area contributed by atoms with Gasteiger partial charge < -0.3 is 31.7 Å². The summed E-state index contributed by atoms with van der Waals surface area (Å²) >= 11 is 0. The molecule has 148 valence electrons. The first-order valence-electron chi connectivity index (χ1n) is 7.96. The summed E-state index contributed by atoms with van der Waals surface area (Å²) in [5.74, 6) is -5.81. The molecule has 0 aliphatic heterocycles. The fraction of sp³-hybridized carbons (Fsp3) is 0.667. The highest BCUT2D eigenvalue weighted by Crippen LogP contribution is 2.05. The predicted octanol–water partition coefficient (Wildman–Crippen LogP) is -1.25. The Morgan fingerprint density at radius 2 is 1.42 bits per heavy atom. The molecule has 0 heterocycles. The Morgan fingerprint density at radius 1 is 0.885 bits per heavy atom. The highest BCUT2D eigenvalue weighted by molar-refractivity contribution is 5.94. The Balaban J connectivity index is 5.05. The second-order valence-corrected chi connectivity index (χ2v) is 6.23. The third kappa shape index (κ3) is 9.57. The third-order valence-electron chi connectivity index (χ3n) is 3.34. The van der Waals surface area contributed by atoms with Crippen LogP contribution in [0.15, 0.2) is 0 Å². The summed E-state index contributed by atoms with van der Waals surface area (Å²) in [5.41, 5.74) is 5.68. The Labute approximate surface area is 149 Å². The molecule has 3 atom stereocenters. The molecule has 0 aliphatic carbocycles. The van der Waals surface area contributed by atoms with Gasteiger partial charge in [0.05, 0.1) is 12.5 Å². The van der Waals surface area contributed by atoms with E-state index in [9.17, 15) is 24.0 Å². The number of aliphatic carboxylic acids is 3. The quantitative estimate of drug-likeness (QED) is 0.241. The minimum absolute atomic E-state index is 0.0925. The normalized spacial score (nSPS) is 14.2. The Morgan fingerprint density at radius 3 is 1.85 bits per heavy atom. The third-order valence-corrected chi connectivity index (χ3v) is 3.34. The second kappa shape index (κ2) is 11.0. The number of carboxylic acids is 3. The molecule has 0 saturated heterocycles. The van der Waals surface area contributed by atoms with E-state index in [1.54, 1.807) is 0 Å². The fourth-order valence-electron chi connectivity index (χ4n) is 2.08. The van der Waals surface area contributed by atoms with Crippen molar-refractivity contribution in [1.82, 2.24) is 10.6 Å². The monoisotopic (exact) mass is 375 g/mol. The number of rotatable bonds is 12. The van der Waals surface area contributed by atoms with Gasteiger partial charge in [0.1, 0.15) is 12.1 Å². The van der Waals surface area contributed by atoms with Crippen LogP contribution in [0.5, 0.6) is 0 Å². The van der Waals surface area contributed by atoms with Crippen molar-refractivity contribution < 1.29 is 39.3 Å². The molecule has 0 fully saturated rings. The van der Waals surface area contributed by atoms with Crippen LogP contribution in [0, 0.1) is 5.92 Å². The molecule has 11 heteroatoms. The number of carbonyl (C=O) groups excluding carboxylic acids is 2. The van der Waals surface area contributed by atoms with Crippen LogP contribution in [0.25, 0.3) is 0 Å². The molecule has 26 heavy (non-hydrogen) atoms. The fourth-order valence-corrected chi connectivity index (χ4v) is 2.08. The van der Waals surface area contributed by atoms with Gasteiger partial charge in [-0.05, 0) is 18.8 Å². The van der Waals surface area contributed by atoms with Gasteiger partial charge in [-0.1, -0.05) is 13.8 Å². The van der Waals surface area contributed by atoms with Crippen molar-refractivity contribution in [3.05, 3.63) is 0 Å². The molecule has 0 aromatic heterocycles. The van der Waals surface area contributed by atoms with Crippen LogP contribution in [-0.2, 0) is 24.0 Å². The zero-order valence-electron chi connectivity index (χ0n) is 14.6. The molecular formula is C15H25N3O8. The first-order valence-corrected chi connectivity index (χ1v) is 7.96. The highest BCUT2D eigenvalue weighted by atomic mass is 16.4. The van der Waals surface area contributed by atoms with Crippen LogP contribution in [0.1, 0.15) is 39.5 Å². The van der Waals surface area contributed by atoms with Gasteiger partial charge in [0.25, 0.3) is 0 Å². The number of hydrogen-bond donors (Lipinski definition) is 6. The van der Waals surface area contributed by atoms with Gasteiger partial charge in [0, 0.05) is 6.42 Å². The zero-order chi connectivity index (χ0) is 20.4. The van der Waals surface area contributed by atoms with E-state index in [2.05, 4.69) is 5.32 Å². The summed E-state index contributed by atoms with van der Waals surface area (Å²) in [6.45, 7) is 3.66. The first-order chi connectivity index (χ1) is 11.9. The maximum Gasteiger partial charge on any atom is 0.326 e. The lowest BCUT2D eigenvalue weighted by Crippen LogP contribution is -2.55. The Hall–Kier alpha value is -2.69. The smallest absolute Gasteiger partial charge is 0.326 e. The molecule has 0 radical (unpaired) electrons. The van der Waals surface area contributed by atoms with Gasteiger partial charge in [-0.25, -0.2) is 4.79 Å². The number of hydrogen-bond acceptors (Lipinski definition) is 6. The summed E-state index contributed by atoms with van der Waals surface area (Å²) in [6.07, 6.45) is -1.37. The molecular weight excluding hydrogens is 350 g/mol. The molecule has 0 bridgehead atoms. The van der Waals surface area contributed by atoms with E-state index >= 15 is 0 Å². The minimum atomic E-state index is -1.54. The molecule has 11 nitrogen and oxygen atoms in total. The molecule has 0 aliphatic rings. The Bertz CT molecular complexity index is 549. The summed E-state index contributed by atoms with van der Waals surface area (Å²) in [4.78, 5) is 56.8. The summed E-state index contributed by atoms with van der Waals surface area (Å²) in [7, 11) is 0. The van der Waals surface area contributed by atoms with E-state index < -0.39 is 67.1 Å². The number of nitrogens with one attached hydrogen (secondary N) is 2. The predicted molar refractivity (Wildman–Crippen MR) is 88.1 cm³/mol. The molecule has 0 aromatic carbocycles. The maximum absolute atomic E-state index is 12.2. The van der Waals surface area contributed by atoms with E-state index in [4.69, 9.17) is 21.1 Å². The zero-order valence-corrected chi connectivity index (χ0v) is 14.6. The van der Waals surface area contributed by atoms with Gasteiger partial charge in [-0.3, -0.25) is 19.2 Å². The lowest BCUT2D eigenvalue weighted by Gasteiger charge is -2.22. The number of carboxylic acid groups (broad SMARTS) is 3. The maximum atomic E-state index is 12.2. The van der Waals surface area contributed by atoms with Crippen LogP contribution in [0.2, 0.25) is 0 Å². The molecule has 0 rings (SSSR count). The van der Waals surface area contributed by atoms with Crippen molar-refractivity contribution in [2.75, 3.05) is 0 Å². The molecule has 0 spiro atoms. The molecule has 0 aromatic rings. The first kappa shape index (κ1) is 23.3. The average Bonchev–Trinajstić information content (AvgIpc) is 2.48. The summed E-state index contributed by atoms with van der Waals surface area (Å²) < 4.78 is 0. The van der Waals surface area contributed by atoms with Crippen molar-refractivity contribution in [2.24, 2.45) is 11.7 Å². The molecule has 0 saturated carbocycles. The van der Waals surface area contributed by atoms with Crippen LogP contribution < -0.4 is 16.4 Å². The lowest BCUT2D eigenvalue weighted by atomic mass is 10.0. The molecule has 3 unspecified atom stereocenters. The largest absolute Gasteiger partial charge is 0.481 e.